The van der Waals surface area contributed by atoms with Gasteiger partial charge in [0.25, 0.3) is 5.91 Å². The lowest BCUT2D eigenvalue weighted by Crippen LogP contribution is -2.32. The third kappa shape index (κ3) is 3.78. The summed E-state index contributed by atoms with van der Waals surface area (Å²) in [6.45, 7) is -0.620. The summed E-state index contributed by atoms with van der Waals surface area (Å²) in [5, 5.41) is 12.0. The van der Waals surface area contributed by atoms with Crippen LogP contribution in [-0.4, -0.2) is 60.4 Å². The normalized spacial score (nSPS) is 24.2. The fourth-order valence-corrected chi connectivity index (χ4v) is 3.65. The van der Waals surface area contributed by atoms with Gasteiger partial charge in [0, 0.05) is 10.1 Å². The predicted octanol–water partition coefficient (Wildman–Crippen LogP) is 1.34. The fraction of sp³-hybridized carbons (Fsp3) is 0.294. The number of hydrogen-bond acceptors (Lipinski definition) is 8. The summed E-state index contributed by atoms with van der Waals surface area (Å²) in [5.41, 5.74) is 0.762. The third-order valence-electron chi connectivity index (χ3n) is 4.56. The number of nitrogens with zero attached hydrogens (tertiary/aromatic N) is 4. The number of halogens is 1. The summed E-state index contributed by atoms with van der Waals surface area (Å²) in [7, 11) is -3.10. The Hall–Kier alpha value is -2.89. The average Bonchev–Trinajstić information content (AvgIpc) is 3.30. The van der Waals surface area contributed by atoms with E-state index in [1.807, 2.05) is 0 Å². The van der Waals surface area contributed by atoms with Gasteiger partial charge in [0.1, 0.15) is 12.4 Å². The lowest BCUT2D eigenvalue weighted by atomic mass is 10.1. The standard InChI is InChI=1S/C17H15FN5O6P/c18-11-13(29-30(26)27)10(6-24)28-17(11)23-8-21-12-14(19-7-20-15(12)23)22-16(25)9-4-2-1-3-5-9/h1-5,7-8,10-11,13,17,24H,6H2,(H-,19,20,22,25,26,27)/p+1/t10-,11+,13?,17-/m1/s1. The molecule has 0 aliphatic carbocycles. The molecule has 30 heavy (non-hydrogen) atoms. The Morgan fingerprint density at radius 3 is 2.77 bits per heavy atom. The van der Waals surface area contributed by atoms with Crippen LogP contribution in [-0.2, 0) is 13.8 Å². The first-order valence-electron chi connectivity index (χ1n) is 8.77. The molecule has 2 unspecified atom stereocenters. The maximum Gasteiger partial charge on any atom is 0.695 e. The number of aliphatic hydroxyl groups excluding tert-OH is 1. The van der Waals surface area contributed by atoms with E-state index in [-0.39, 0.29) is 17.0 Å². The molecule has 0 saturated carbocycles. The molecule has 1 aliphatic heterocycles. The minimum absolute atomic E-state index is 0.117. The molecule has 0 bridgehead atoms. The van der Waals surface area contributed by atoms with E-state index in [2.05, 4.69) is 24.8 Å². The van der Waals surface area contributed by atoms with Crippen LogP contribution in [0, 0.1) is 0 Å². The molecule has 1 aliphatic rings. The van der Waals surface area contributed by atoms with E-state index in [1.165, 1.54) is 17.2 Å². The quantitative estimate of drug-likeness (QED) is 0.487. The van der Waals surface area contributed by atoms with Crippen molar-refractivity contribution >= 4 is 31.1 Å². The van der Waals surface area contributed by atoms with Crippen LogP contribution in [0.2, 0.25) is 0 Å². The first-order valence-corrected chi connectivity index (χ1v) is 9.90. The van der Waals surface area contributed by atoms with E-state index in [4.69, 9.17) is 9.63 Å². The molecule has 0 spiro atoms. The number of ether oxygens (including phenoxy) is 1. The van der Waals surface area contributed by atoms with Gasteiger partial charge in [0.05, 0.1) is 12.9 Å². The number of rotatable bonds is 6. The molecule has 1 saturated heterocycles. The molecule has 3 heterocycles. The lowest BCUT2D eigenvalue weighted by molar-refractivity contribution is -0.0436. The van der Waals surface area contributed by atoms with Gasteiger partial charge in [0.15, 0.2) is 35.5 Å². The highest BCUT2D eigenvalue weighted by Gasteiger charge is 2.51. The first kappa shape index (κ1) is 20.4. The molecule has 11 nitrogen and oxygen atoms in total. The molecule has 156 valence electrons. The van der Waals surface area contributed by atoms with Gasteiger partial charge in [-0.25, -0.2) is 19.3 Å². The highest BCUT2D eigenvalue weighted by molar-refractivity contribution is 7.32. The zero-order valence-corrected chi connectivity index (χ0v) is 16.1. The fourth-order valence-electron chi connectivity index (χ4n) is 3.19. The summed E-state index contributed by atoms with van der Waals surface area (Å²) >= 11 is 0. The van der Waals surface area contributed by atoms with Crippen LogP contribution >= 0.6 is 8.25 Å². The second-order valence-corrected chi connectivity index (χ2v) is 7.05. The minimum Gasteiger partial charge on any atom is -0.394 e. The molecule has 0 radical (unpaired) electrons. The van der Waals surface area contributed by atoms with E-state index >= 15 is 0 Å². The maximum absolute atomic E-state index is 14.9. The summed E-state index contributed by atoms with van der Waals surface area (Å²) in [6, 6.07) is 8.48. The van der Waals surface area contributed by atoms with Crippen molar-refractivity contribution in [3.05, 3.63) is 48.5 Å². The SMILES string of the molecule is O=C(Nc1ncnc2c1ncn2[C@@H]1O[C@H](CO)C(O[P+](=O)O)[C@@H]1F)c1ccccc1. The average molecular weight is 436 g/mol. The number of carbonyl (C=O) groups is 1. The Bertz CT molecular complexity index is 1080. The molecule has 3 N–H and O–H groups in total. The van der Waals surface area contributed by atoms with Crippen molar-refractivity contribution in [2.24, 2.45) is 0 Å². The van der Waals surface area contributed by atoms with E-state index in [0.717, 1.165) is 0 Å². The van der Waals surface area contributed by atoms with Gasteiger partial charge >= 0.3 is 8.25 Å². The van der Waals surface area contributed by atoms with Crippen LogP contribution in [0.1, 0.15) is 16.6 Å². The van der Waals surface area contributed by atoms with Crippen LogP contribution in [0.25, 0.3) is 11.2 Å². The van der Waals surface area contributed by atoms with Gasteiger partial charge < -0.3 is 15.2 Å². The zero-order valence-electron chi connectivity index (χ0n) is 15.2. The number of fused-ring (bicyclic) bond motifs is 1. The molecule has 4 rings (SSSR count). The summed E-state index contributed by atoms with van der Waals surface area (Å²) in [4.78, 5) is 33.6. The minimum atomic E-state index is -3.10. The second kappa shape index (κ2) is 8.46. The van der Waals surface area contributed by atoms with E-state index in [0.29, 0.717) is 5.56 Å². The second-order valence-electron chi connectivity index (χ2n) is 6.37. The molecule has 1 aromatic carbocycles. The maximum atomic E-state index is 14.9. The molecule has 5 atom stereocenters. The molecular weight excluding hydrogens is 420 g/mol. The molecule has 1 fully saturated rings. The summed E-state index contributed by atoms with van der Waals surface area (Å²) in [6.07, 6.45) is -3.41. The van der Waals surface area contributed by atoms with Crippen molar-refractivity contribution < 1.29 is 33.0 Å². The van der Waals surface area contributed by atoms with Gasteiger partial charge in [-0.1, -0.05) is 18.2 Å². The Morgan fingerprint density at radius 1 is 1.30 bits per heavy atom. The predicted molar refractivity (Wildman–Crippen MR) is 100 cm³/mol. The smallest absolute Gasteiger partial charge is 0.394 e. The topological polar surface area (TPSA) is 149 Å². The number of aliphatic hydroxyl groups is 1. The Kier molecular flexibility index (Phi) is 5.75. The lowest BCUT2D eigenvalue weighted by Gasteiger charge is -2.15. The van der Waals surface area contributed by atoms with Crippen LogP contribution < -0.4 is 5.32 Å². The first-order chi connectivity index (χ1) is 14.5. The van der Waals surface area contributed by atoms with E-state index in [1.54, 1.807) is 30.3 Å². The molecule has 13 heteroatoms. The largest absolute Gasteiger partial charge is 0.695 e. The van der Waals surface area contributed by atoms with Crippen molar-refractivity contribution in [3.8, 4) is 0 Å². The highest BCUT2D eigenvalue weighted by Crippen LogP contribution is 2.38. The Balaban J connectivity index is 1.63. The monoisotopic (exact) mass is 436 g/mol. The number of imidazole rings is 1. The number of alkyl halides is 1. The number of benzene rings is 1. The molecular formula is C17H16FN5O6P+. The van der Waals surface area contributed by atoms with E-state index in [9.17, 15) is 18.9 Å². The molecule has 2 aromatic heterocycles. The summed E-state index contributed by atoms with van der Waals surface area (Å²) < 4.78 is 37.3. The number of aromatic nitrogens is 4. The van der Waals surface area contributed by atoms with Crippen molar-refractivity contribution in [2.75, 3.05) is 11.9 Å². The van der Waals surface area contributed by atoms with Gasteiger partial charge in [-0.15, -0.1) is 9.42 Å². The number of anilines is 1. The van der Waals surface area contributed by atoms with Crippen LogP contribution in [0.4, 0.5) is 10.2 Å². The summed E-state index contributed by atoms with van der Waals surface area (Å²) in [5.74, 6) is -0.294. The van der Waals surface area contributed by atoms with Crippen molar-refractivity contribution in [1.29, 1.82) is 0 Å². The highest BCUT2D eigenvalue weighted by atomic mass is 31.1. The van der Waals surface area contributed by atoms with E-state index < -0.39 is 45.4 Å². The van der Waals surface area contributed by atoms with Gasteiger partial charge in [-0.05, 0) is 12.1 Å². The number of hydrogen-bond donors (Lipinski definition) is 3. The van der Waals surface area contributed by atoms with Crippen molar-refractivity contribution in [2.45, 2.75) is 24.6 Å². The van der Waals surface area contributed by atoms with Gasteiger partial charge in [0.2, 0.25) is 0 Å². The molecule has 1 amide bonds. The number of nitrogens with one attached hydrogen (secondary N) is 1. The zero-order chi connectivity index (χ0) is 21.3. The van der Waals surface area contributed by atoms with Crippen molar-refractivity contribution in [3.63, 3.8) is 0 Å². The van der Waals surface area contributed by atoms with Crippen molar-refractivity contribution in [1.82, 2.24) is 19.5 Å². The van der Waals surface area contributed by atoms with Crippen LogP contribution in [0.3, 0.4) is 0 Å². The van der Waals surface area contributed by atoms with Crippen LogP contribution in [0.15, 0.2) is 43.0 Å². The Morgan fingerprint density at radius 2 is 2.07 bits per heavy atom. The number of carbonyl (C=O) groups excluding carboxylic acids is 1. The van der Waals surface area contributed by atoms with Crippen LogP contribution in [0.5, 0.6) is 0 Å². The van der Waals surface area contributed by atoms with Gasteiger partial charge in [-0.3, -0.25) is 9.36 Å². The molecule has 3 aromatic rings. The Labute approximate surface area is 169 Å². The number of amides is 1. The third-order valence-corrected chi connectivity index (χ3v) is 4.98. The van der Waals surface area contributed by atoms with Gasteiger partial charge in [-0.2, -0.15) is 0 Å².